The third-order valence-electron chi connectivity index (χ3n) is 5.02. The van der Waals surface area contributed by atoms with Gasteiger partial charge in [-0.3, -0.25) is 0 Å². The molecule has 0 saturated carbocycles. The van der Waals surface area contributed by atoms with Gasteiger partial charge in [-0.25, -0.2) is 13.1 Å². The smallest absolute Gasteiger partial charge is 0.250 e. The van der Waals surface area contributed by atoms with Crippen molar-refractivity contribution in [2.45, 2.75) is 51.1 Å². The van der Waals surface area contributed by atoms with Crippen molar-refractivity contribution in [3.05, 3.63) is 34.7 Å². The number of aliphatic hydroxyl groups excluding tert-OH is 3. The summed E-state index contributed by atoms with van der Waals surface area (Å²) in [7, 11) is -4.16. The molecule has 1 heterocycles. The number of hydrogen-bond acceptors (Lipinski definition) is 8. The molecule has 4 unspecified atom stereocenters. The number of hydrogen-bond donors (Lipinski definition) is 4. The first-order chi connectivity index (χ1) is 14.7. The van der Waals surface area contributed by atoms with Crippen LogP contribution in [0.2, 0.25) is 0 Å². The van der Waals surface area contributed by atoms with Crippen LogP contribution in [0.15, 0.2) is 29.2 Å². The van der Waals surface area contributed by atoms with Crippen LogP contribution in [-0.4, -0.2) is 74.4 Å². The molecule has 1 aliphatic rings. The summed E-state index contributed by atoms with van der Waals surface area (Å²) in [5, 5.41) is 38.5. The largest absolute Gasteiger partial charge is 0.388 e. The fraction of sp³-hybridized carbons (Fsp3) is 0.571. The Kier molecular flexibility index (Phi) is 9.43. The topological polar surface area (TPSA) is 143 Å². The van der Waals surface area contributed by atoms with E-state index in [-0.39, 0.29) is 13.2 Å². The van der Waals surface area contributed by atoms with Crippen LogP contribution in [0.1, 0.15) is 32.3 Å². The van der Waals surface area contributed by atoms with Crippen LogP contribution >= 0.6 is 0 Å². The Morgan fingerprint density at radius 3 is 2.35 bits per heavy atom. The second-order valence-corrected chi connectivity index (χ2v) is 9.21. The molecule has 172 valence electrons. The highest BCUT2D eigenvalue weighted by atomic mass is 32.2. The zero-order valence-electron chi connectivity index (χ0n) is 17.8. The molecule has 0 aliphatic carbocycles. The first-order valence-corrected chi connectivity index (χ1v) is 11.8. The Morgan fingerprint density at radius 2 is 1.81 bits per heavy atom. The summed E-state index contributed by atoms with van der Waals surface area (Å²) < 4.78 is 32.5. The van der Waals surface area contributed by atoms with E-state index in [1.54, 1.807) is 18.2 Å². The lowest BCUT2D eigenvalue weighted by Gasteiger charge is -2.35. The van der Waals surface area contributed by atoms with Gasteiger partial charge >= 0.3 is 0 Å². The van der Waals surface area contributed by atoms with E-state index in [2.05, 4.69) is 23.5 Å². The van der Waals surface area contributed by atoms with Crippen molar-refractivity contribution < 1.29 is 28.5 Å². The van der Waals surface area contributed by atoms with Gasteiger partial charge in [0.1, 0.15) is 24.4 Å². The van der Waals surface area contributed by atoms with Gasteiger partial charge in [0, 0.05) is 25.3 Å². The normalized spacial score (nSPS) is 24.6. The Morgan fingerprint density at radius 1 is 1.19 bits per heavy atom. The maximum atomic E-state index is 12.5. The molecule has 10 heteroatoms. The molecule has 1 aliphatic heterocycles. The van der Waals surface area contributed by atoms with Gasteiger partial charge in [-0.15, -0.1) is 0 Å². The molecular formula is C21H31N3O6S. The van der Waals surface area contributed by atoms with Gasteiger partial charge in [-0.05, 0) is 36.6 Å². The first kappa shape index (κ1) is 25.3. The molecule has 0 amide bonds. The van der Waals surface area contributed by atoms with Gasteiger partial charge in [-0.1, -0.05) is 26.0 Å². The number of nitriles is 1. The summed E-state index contributed by atoms with van der Waals surface area (Å²) in [5.74, 6) is 0. The molecule has 4 N–H and O–H groups in total. The van der Waals surface area contributed by atoms with Crippen molar-refractivity contribution in [3.8, 4) is 6.07 Å². The Labute approximate surface area is 183 Å². The molecule has 0 aromatic heterocycles. The van der Waals surface area contributed by atoms with Crippen LogP contribution < -0.4 is 9.62 Å². The SMILES string of the molecule is CCCN(CCC)c1ccc(C=C(C#N)S(=O)(=O)NCC2OCC(O)C(O)C2O)cc1. The van der Waals surface area contributed by atoms with Gasteiger partial charge < -0.3 is 25.0 Å². The van der Waals surface area contributed by atoms with Crippen molar-refractivity contribution in [2.75, 3.05) is 31.1 Å². The van der Waals surface area contributed by atoms with E-state index in [1.165, 1.54) is 6.08 Å². The van der Waals surface area contributed by atoms with E-state index in [0.29, 0.717) is 5.56 Å². The van der Waals surface area contributed by atoms with Crippen molar-refractivity contribution in [3.63, 3.8) is 0 Å². The average molecular weight is 454 g/mol. The lowest BCUT2D eigenvalue weighted by molar-refractivity contribution is -0.184. The number of anilines is 1. The predicted octanol–water partition coefficient (Wildman–Crippen LogP) is 0.578. The zero-order chi connectivity index (χ0) is 23.0. The summed E-state index contributed by atoms with van der Waals surface area (Å²) in [6.45, 7) is 5.48. The van der Waals surface area contributed by atoms with Gasteiger partial charge in [0.25, 0.3) is 10.0 Å². The highest BCUT2D eigenvalue weighted by Gasteiger charge is 2.38. The third-order valence-corrected chi connectivity index (χ3v) is 6.36. The molecule has 0 spiro atoms. The van der Waals surface area contributed by atoms with E-state index in [4.69, 9.17) is 4.74 Å². The van der Waals surface area contributed by atoms with Crippen molar-refractivity contribution in [1.82, 2.24) is 4.72 Å². The molecule has 31 heavy (non-hydrogen) atoms. The van der Waals surface area contributed by atoms with Gasteiger partial charge in [0.05, 0.1) is 12.7 Å². The summed E-state index contributed by atoms with van der Waals surface area (Å²) in [6.07, 6.45) is -1.89. The number of benzene rings is 1. The Bertz CT molecular complexity index is 875. The highest BCUT2D eigenvalue weighted by Crippen LogP contribution is 2.20. The van der Waals surface area contributed by atoms with E-state index >= 15 is 0 Å². The third kappa shape index (κ3) is 6.74. The molecule has 1 aromatic rings. The van der Waals surface area contributed by atoms with Crippen LogP contribution in [0.3, 0.4) is 0 Å². The Hall–Kier alpha value is -2.00. The van der Waals surface area contributed by atoms with Gasteiger partial charge in [0.2, 0.25) is 0 Å². The lowest BCUT2D eigenvalue weighted by atomic mass is 10.0. The summed E-state index contributed by atoms with van der Waals surface area (Å²) >= 11 is 0. The molecule has 1 fully saturated rings. The van der Waals surface area contributed by atoms with E-state index in [1.807, 2.05) is 12.1 Å². The van der Waals surface area contributed by atoms with Crippen LogP contribution in [0.5, 0.6) is 0 Å². The second-order valence-electron chi connectivity index (χ2n) is 7.47. The average Bonchev–Trinajstić information content (AvgIpc) is 2.75. The predicted molar refractivity (Wildman–Crippen MR) is 118 cm³/mol. The molecule has 4 atom stereocenters. The first-order valence-electron chi connectivity index (χ1n) is 10.4. The standard InChI is InChI=1S/C21H31N3O6S/c1-3-9-24(10-4-2)16-7-5-15(6-8-16)11-17(12-22)31(28,29)23-13-19-21(27)20(26)18(25)14-30-19/h5-8,11,18-21,23,25-27H,3-4,9-10,13-14H2,1-2H3. The van der Waals surface area contributed by atoms with Crippen molar-refractivity contribution in [1.29, 1.82) is 5.26 Å². The van der Waals surface area contributed by atoms with Crippen molar-refractivity contribution in [2.24, 2.45) is 0 Å². The van der Waals surface area contributed by atoms with Crippen LogP contribution in [-0.2, 0) is 14.8 Å². The number of allylic oxidation sites excluding steroid dienone is 1. The number of rotatable bonds is 10. The van der Waals surface area contributed by atoms with Gasteiger partial charge in [-0.2, -0.15) is 5.26 Å². The maximum Gasteiger partial charge on any atom is 0.250 e. The van der Waals surface area contributed by atoms with Gasteiger partial charge in [0.15, 0.2) is 4.91 Å². The number of nitrogens with zero attached hydrogens (tertiary/aromatic N) is 2. The van der Waals surface area contributed by atoms with Crippen LogP contribution in [0, 0.1) is 11.3 Å². The minimum atomic E-state index is -4.16. The lowest BCUT2D eigenvalue weighted by Crippen LogP contribution is -2.56. The van der Waals surface area contributed by atoms with E-state index < -0.39 is 39.3 Å². The summed E-state index contributed by atoms with van der Waals surface area (Å²) in [4.78, 5) is 1.77. The monoisotopic (exact) mass is 453 g/mol. The zero-order valence-corrected chi connectivity index (χ0v) is 18.6. The Balaban J connectivity index is 2.10. The molecular weight excluding hydrogens is 422 g/mol. The van der Waals surface area contributed by atoms with E-state index in [0.717, 1.165) is 31.6 Å². The number of sulfonamides is 1. The summed E-state index contributed by atoms with van der Waals surface area (Å²) in [5.41, 5.74) is 1.59. The molecule has 9 nitrogen and oxygen atoms in total. The molecule has 1 saturated heterocycles. The molecule has 1 aromatic carbocycles. The molecule has 2 rings (SSSR count). The molecule has 0 radical (unpaired) electrons. The summed E-state index contributed by atoms with van der Waals surface area (Å²) in [6, 6.07) is 8.99. The minimum Gasteiger partial charge on any atom is -0.388 e. The van der Waals surface area contributed by atoms with Crippen LogP contribution in [0.4, 0.5) is 5.69 Å². The fourth-order valence-electron chi connectivity index (χ4n) is 3.33. The van der Waals surface area contributed by atoms with Crippen LogP contribution in [0.25, 0.3) is 6.08 Å². The number of ether oxygens (including phenoxy) is 1. The highest BCUT2D eigenvalue weighted by molar-refractivity contribution is 7.93. The quantitative estimate of drug-likeness (QED) is 0.377. The number of nitrogens with one attached hydrogen (secondary N) is 1. The fourth-order valence-corrected chi connectivity index (χ4v) is 4.28. The van der Waals surface area contributed by atoms with E-state index in [9.17, 15) is 29.0 Å². The van der Waals surface area contributed by atoms with Crippen molar-refractivity contribution >= 4 is 21.8 Å². The minimum absolute atomic E-state index is 0.231. The second kappa shape index (κ2) is 11.6. The number of aliphatic hydroxyl groups is 3. The maximum absolute atomic E-state index is 12.5. The molecule has 0 bridgehead atoms.